The van der Waals surface area contributed by atoms with Crippen LogP contribution in [-0.4, -0.2) is 15.0 Å². The Labute approximate surface area is 89.9 Å². The monoisotopic (exact) mass is 213 g/mol. The molecule has 5 heteroatoms. The lowest BCUT2D eigenvalue weighted by atomic mass is 10.2. The molecule has 3 rings (SSSR count). The Morgan fingerprint density at radius 1 is 1.25 bits per heavy atom. The summed E-state index contributed by atoms with van der Waals surface area (Å²) in [4.78, 5) is 11.7. The second kappa shape index (κ2) is 3.30. The lowest BCUT2D eigenvalue weighted by molar-refractivity contribution is 0.550. The minimum Gasteiger partial charge on any atom is -0.421 e. The summed E-state index contributed by atoms with van der Waals surface area (Å²) in [6.07, 6.45) is 3.11. The molecule has 3 aromatic rings. The van der Waals surface area contributed by atoms with Crippen molar-refractivity contribution in [3.8, 4) is 5.69 Å². The van der Waals surface area contributed by atoms with Crippen LogP contribution in [0.4, 0.5) is 0 Å². The van der Waals surface area contributed by atoms with Crippen LogP contribution in [0, 0.1) is 0 Å². The topological polar surface area (TPSA) is 60.9 Å². The van der Waals surface area contributed by atoms with Crippen molar-refractivity contribution < 1.29 is 4.42 Å². The number of hydrogen-bond donors (Lipinski definition) is 0. The van der Waals surface area contributed by atoms with Crippen molar-refractivity contribution in [1.29, 1.82) is 0 Å². The Hall–Kier alpha value is -2.43. The summed E-state index contributed by atoms with van der Waals surface area (Å²) in [6, 6.07) is 9.06. The fourth-order valence-corrected chi connectivity index (χ4v) is 1.55. The van der Waals surface area contributed by atoms with E-state index >= 15 is 0 Å². The van der Waals surface area contributed by atoms with Gasteiger partial charge in [0.05, 0.1) is 12.4 Å². The molecule has 0 N–H and O–H groups in total. The van der Waals surface area contributed by atoms with Crippen LogP contribution in [0.2, 0.25) is 0 Å². The normalized spacial score (nSPS) is 10.8. The highest BCUT2D eigenvalue weighted by atomic mass is 16.4. The second-order valence-electron chi connectivity index (χ2n) is 3.30. The van der Waals surface area contributed by atoms with Crippen molar-refractivity contribution in [2.45, 2.75) is 0 Å². The average molecular weight is 213 g/mol. The van der Waals surface area contributed by atoms with E-state index in [1.54, 1.807) is 18.3 Å². The van der Waals surface area contributed by atoms with Gasteiger partial charge in [0.2, 0.25) is 0 Å². The van der Waals surface area contributed by atoms with Gasteiger partial charge in [-0.1, -0.05) is 23.4 Å². The molecule has 0 aliphatic heterocycles. The van der Waals surface area contributed by atoms with Gasteiger partial charge in [-0.05, 0) is 12.1 Å². The van der Waals surface area contributed by atoms with Crippen molar-refractivity contribution in [3.63, 3.8) is 0 Å². The van der Waals surface area contributed by atoms with Crippen molar-refractivity contribution >= 4 is 11.0 Å². The Bertz CT molecular complexity index is 686. The standard InChI is InChI=1S/C11H7N3O2/c15-11-9(14-6-5-12-13-14)7-8-3-1-2-4-10(8)16-11/h1-7H. The van der Waals surface area contributed by atoms with Gasteiger partial charge in [-0.2, -0.15) is 0 Å². The number of nitrogens with zero attached hydrogens (tertiary/aromatic N) is 3. The molecule has 0 spiro atoms. The zero-order chi connectivity index (χ0) is 11.0. The molecule has 1 aromatic carbocycles. The van der Waals surface area contributed by atoms with E-state index < -0.39 is 5.63 Å². The Morgan fingerprint density at radius 2 is 2.12 bits per heavy atom. The summed E-state index contributed by atoms with van der Waals surface area (Å²) in [7, 11) is 0. The van der Waals surface area contributed by atoms with Gasteiger partial charge in [0, 0.05) is 5.39 Å². The first-order chi connectivity index (χ1) is 7.84. The van der Waals surface area contributed by atoms with E-state index in [9.17, 15) is 4.79 Å². The maximum atomic E-state index is 11.7. The number of aromatic nitrogens is 3. The molecule has 0 fully saturated rings. The van der Waals surface area contributed by atoms with Gasteiger partial charge in [0.1, 0.15) is 5.58 Å². The van der Waals surface area contributed by atoms with Crippen molar-refractivity contribution in [2.24, 2.45) is 0 Å². The third-order valence-corrected chi connectivity index (χ3v) is 2.29. The van der Waals surface area contributed by atoms with Crippen LogP contribution in [0.1, 0.15) is 0 Å². The predicted molar refractivity (Wildman–Crippen MR) is 57.4 cm³/mol. The minimum atomic E-state index is -0.427. The molecule has 2 aromatic heterocycles. The summed E-state index contributed by atoms with van der Waals surface area (Å²) < 4.78 is 6.56. The van der Waals surface area contributed by atoms with Crippen molar-refractivity contribution in [3.05, 3.63) is 53.1 Å². The molecule has 0 aliphatic rings. The number of para-hydroxylation sites is 1. The largest absolute Gasteiger partial charge is 0.421 e. The van der Waals surface area contributed by atoms with Gasteiger partial charge in [0.15, 0.2) is 5.69 Å². The molecule has 0 atom stereocenters. The molecule has 0 bridgehead atoms. The highest BCUT2D eigenvalue weighted by Gasteiger charge is 2.06. The highest BCUT2D eigenvalue weighted by Crippen LogP contribution is 2.13. The van der Waals surface area contributed by atoms with E-state index in [4.69, 9.17) is 4.42 Å². The van der Waals surface area contributed by atoms with Gasteiger partial charge in [0.25, 0.3) is 0 Å². The van der Waals surface area contributed by atoms with E-state index in [1.807, 2.05) is 18.2 Å². The minimum absolute atomic E-state index is 0.358. The summed E-state index contributed by atoms with van der Waals surface area (Å²) >= 11 is 0. The molecule has 0 aliphatic carbocycles. The molecule has 0 radical (unpaired) electrons. The zero-order valence-electron chi connectivity index (χ0n) is 8.20. The smallest absolute Gasteiger partial charge is 0.362 e. The van der Waals surface area contributed by atoms with Gasteiger partial charge >= 0.3 is 5.63 Å². The molecular formula is C11H7N3O2. The van der Waals surface area contributed by atoms with Gasteiger partial charge in [-0.25, -0.2) is 9.48 Å². The van der Waals surface area contributed by atoms with E-state index in [0.29, 0.717) is 11.3 Å². The fraction of sp³-hybridized carbons (Fsp3) is 0. The Kier molecular flexibility index (Phi) is 1.83. The molecule has 0 unspecified atom stereocenters. The molecule has 16 heavy (non-hydrogen) atoms. The van der Waals surface area contributed by atoms with Crippen LogP contribution in [-0.2, 0) is 0 Å². The van der Waals surface area contributed by atoms with Crippen molar-refractivity contribution in [1.82, 2.24) is 15.0 Å². The molecule has 5 nitrogen and oxygen atoms in total. The number of hydrogen-bond acceptors (Lipinski definition) is 4. The summed E-state index contributed by atoms with van der Waals surface area (Å²) in [5.41, 5.74) is 0.497. The van der Waals surface area contributed by atoms with Gasteiger partial charge < -0.3 is 4.42 Å². The van der Waals surface area contributed by atoms with E-state index in [-0.39, 0.29) is 0 Å². The molecule has 0 saturated heterocycles. The molecule has 0 amide bonds. The van der Waals surface area contributed by atoms with E-state index in [1.165, 1.54) is 10.9 Å². The lowest BCUT2D eigenvalue weighted by Crippen LogP contribution is -2.10. The average Bonchev–Trinajstić information content (AvgIpc) is 2.81. The number of fused-ring (bicyclic) bond motifs is 1. The van der Waals surface area contributed by atoms with Crippen LogP contribution in [0.5, 0.6) is 0 Å². The first kappa shape index (κ1) is 8.84. The summed E-state index contributed by atoms with van der Waals surface area (Å²) in [6.45, 7) is 0. The molecule has 0 saturated carbocycles. The Balaban J connectivity index is 2.34. The Morgan fingerprint density at radius 3 is 2.94 bits per heavy atom. The van der Waals surface area contributed by atoms with Crippen LogP contribution >= 0.6 is 0 Å². The highest BCUT2D eigenvalue weighted by molar-refractivity contribution is 5.77. The summed E-state index contributed by atoms with van der Waals surface area (Å²) in [5, 5.41) is 8.27. The van der Waals surface area contributed by atoms with Gasteiger partial charge in [-0.15, -0.1) is 5.10 Å². The van der Waals surface area contributed by atoms with Crippen LogP contribution in [0.25, 0.3) is 16.7 Å². The maximum Gasteiger partial charge on any atom is 0.362 e. The van der Waals surface area contributed by atoms with E-state index in [2.05, 4.69) is 10.3 Å². The predicted octanol–water partition coefficient (Wildman–Crippen LogP) is 1.37. The summed E-state index contributed by atoms with van der Waals surface area (Å²) in [5.74, 6) is 0. The maximum absolute atomic E-state index is 11.7. The van der Waals surface area contributed by atoms with Crippen LogP contribution in [0.15, 0.2) is 51.9 Å². The quantitative estimate of drug-likeness (QED) is 0.573. The molecule has 78 valence electrons. The first-order valence-electron chi connectivity index (χ1n) is 4.74. The SMILES string of the molecule is O=c1oc2ccccc2cc1-n1ccnn1. The van der Waals surface area contributed by atoms with Crippen LogP contribution < -0.4 is 5.63 Å². The van der Waals surface area contributed by atoms with Gasteiger partial charge in [-0.3, -0.25) is 0 Å². The second-order valence-corrected chi connectivity index (χ2v) is 3.30. The van der Waals surface area contributed by atoms with Crippen LogP contribution in [0.3, 0.4) is 0 Å². The van der Waals surface area contributed by atoms with Crippen molar-refractivity contribution in [2.75, 3.05) is 0 Å². The fourth-order valence-electron chi connectivity index (χ4n) is 1.55. The number of rotatable bonds is 1. The lowest BCUT2D eigenvalue weighted by Gasteiger charge is -2.00. The number of benzene rings is 1. The molecule has 2 heterocycles. The van der Waals surface area contributed by atoms with E-state index in [0.717, 1.165) is 5.39 Å². The third-order valence-electron chi connectivity index (χ3n) is 2.29. The molecular weight excluding hydrogens is 206 g/mol. The third kappa shape index (κ3) is 1.30. The first-order valence-corrected chi connectivity index (χ1v) is 4.74. The zero-order valence-corrected chi connectivity index (χ0v) is 8.20.